The lowest BCUT2D eigenvalue weighted by Gasteiger charge is -2.15. The van der Waals surface area contributed by atoms with Crippen LogP contribution >= 0.6 is 0 Å². The van der Waals surface area contributed by atoms with E-state index in [1.165, 1.54) is 12.1 Å². The minimum Gasteiger partial charge on any atom is -0.354 e. The molecule has 2 N–H and O–H groups in total. The first-order valence-electron chi connectivity index (χ1n) is 10.3. The van der Waals surface area contributed by atoms with Crippen molar-refractivity contribution < 1.29 is 9.72 Å². The van der Waals surface area contributed by atoms with Gasteiger partial charge in [-0.1, -0.05) is 42.5 Å². The summed E-state index contributed by atoms with van der Waals surface area (Å²) in [5.74, 6) is -0.312. The molecule has 0 saturated heterocycles. The van der Waals surface area contributed by atoms with Crippen molar-refractivity contribution in [1.82, 2.24) is 9.55 Å². The van der Waals surface area contributed by atoms with Gasteiger partial charge in [-0.2, -0.15) is 0 Å². The molecule has 162 valence electrons. The Morgan fingerprint density at radius 1 is 1.06 bits per heavy atom. The maximum atomic E-state index is 13.0. The number of carbonyl (C=O) groups is 1. The first kappa shape index (κ1) is 20.2. The van der Waals surface area contributed by atoms with E-state index in [9.17, 15) is 14.9 Å². The highest BCUT2D eigenvalue weighted by molar-refractivity contribution is 6.37. The molecule has 1 aromatic heterocycles. The first-order chi connectivity index (χ1) is 16.1. The standard InChI is InChI=1S/C25H19N5O3/c31-25-23(21-14-20(30(32)33)10-11-22(21)28-25)24(18-4-2-1-3-5-18)27-19-8-6-17(7-9-19)15-29-13-12-26-16-29/h1-14,16,27H,15H2,(H,28,31). The highest BCUT2D eigenvalue weighted by atomic mass is 16.6. The van der Waals surface area contributed by atoms with E-state index < -0.39 is 4.92 Å². The van der Waals surface area contributed by atoms with E-state index in [2.05, 4.69) is 15.6 Å². The number of anilines is 2. The van der Waals surface area contributed by atoms with Crippen LogP contribution in [-0.4, -0.2) is 20.4 Å². The maximum Gasteiger partial charge on any atom is 0.270 e. The fraction of sp³-hybridized carbons (Fsp3) is 0.0400. The van der Waals surface area contributed by atoms with Crippen molar-refractivity contribution in [2.24, 2.45) is 0 Å². The zero-order chi connectivity index (χ0) is 22.8. The molecule has 0 fully saturated rings. The van der Waals surface area contributed by atoms with Gasteiger partial charge < -0.3 is 15.2 Å². The molecule has 0 unspecified atom stereocenters. The molecular weight excluding hydrogens is 418 g/mol. The predicted molar refractivity (Wildman–Crippen MR) is 126 cm³/mol. The lowest BCUT2D eigenvalue weighted by atomic mass is 9.99. The number of aromatic nitrogens is 2. The van der Waals surface area contributed by atoms with Gasteiger partial charge in [0, 0.05) is 48.0 Å². The Bertz CT molecular complexity index is 1360. The van der Waals surface area contributed by atoms with Gasteiger partial charge in [0.2, 0.25) is 0 Å². The van der Waals surface area contributed by atoms with Gasteiger partial charge in [0.25, 0.3) is 11.6 Å². The molecule has 0 atom stereocenters. The number of hydrogen-bond donors (Lipinski definition) is 2. The van der Waals surface area contributed by atoms with Gasteiger partial charge in [-0.15, -0.1) is 0 Å². The molecule has 4 aromatic rings. The van der Waals surface area contributed by atoms with Crippen LogP contribution < -0.4 is 10.6 Å². The van der Waals surface area contributed by atoms with E-state index in [1.54, 1.807) is 18.6 Å². The third kappa shape index (κ3) is 4.09. The molecule has 3 aromatic carbocycles. The summed E-state index contributed by atoms with van der Waals surface area (Å²) < 4.78 is 1.98. The van der Waals surface area contributed by atoms with Crippen LogP contribution in [0.2, 0.25) is 0 Å². The largest absolute Gasteiger partial charge is 0.354 e. The normalized spacial score (nSPS) is 13.9. The first-order valence-corrected chi connectivity index (χ1v) is 10.3. The summed E-state index contributed by atoms with van der Waals surface area (Å²) in [4.78, 5) is 27.9. The quantitative estimate of drug-likeness (QED) is 0.257. The maximum absolute atomic E-state index is 13.0. The number of imidazole rings is 1. The molecule has 0 saturated carbocycles. The lowest BCUT2D eigenvalue weighted by molar-refractivity contribution is -0.384. The highest BCUT2D eigenvalue weighted by Gasteiger charge is 2.30. The van der Waals surface area contributed by atoms with Crippen LogP contribution in [0.5, 0.6) is 0 Å². The number of nitro groups is 1. The van der Waals surface area contributed by atoms with Crippen molar-refractivity contribution in [3.63, 3.8) is 0 Å². The van der Waals surface area contributed by atoms with Crippen molar-refractivity contribution in [1.29, 1.82) is 0 Å². The Kier molecular flexibility index (Phi) is 5.16. The van der Waals surface area contributed by atoms with E-state index >= 15 is 0 Å². The Hall–Kier alpha value is -4.72. The Morgan fingerprint density at radius 3 is 2.55 bits per heavy atom. The number of rotatable bonds is 6. The van der Waals surface area contributed by atoms with Gasteiger partial charge in [-0.05, 0) is 29.3 Å². The number of nitrogens with zero attached hydrogens (tertiary/aromatic N) is 3. The van der Waals surface area contributed by atoms with Gasteiger partial charge in [-0.25, -0.2) is 4.98 Å². The average Bonchev–Trinajstić information content (AvgIpc) is 3.45. The van der Waals surface area contributed by atoms with E-state index in [0.717, 1.165) is 16.8 Å². The lowest BCUT2D eigenvalue weighted by Crippen LogP contribution is -2.10. The Morgan fingerprint density at radius 2 is 1.85 bits per heavy atom. The molecule has 5 rings (SSSR count). The smallest absolute Gasteiger partial charge is 0.270 e. The number of hydrogen-bond acceptors (Lipinski definition) is 5. The second-order valence-electron chi connectivity index (χ2n) is 7.61. The van der Waals surface area contributed by atoms with E-state index in [1.807, 2.05) is 65.4 Å². The molecule has 33 heavy (non-hydrogen) atoms. The molecule has 2 heterocycles. The SMILES string of the molecule is O=C1Nc2ccc([N+](=O)[O-])cc2C1=C(Nc1ccc(Cn2ccnc2)cc1)c1ccccc1. The Labute approximate surface area is 189 Å². The molecular formula is C25H19N5O3. The van der Waals surface area contributed by atoms with Crippen LogP contribution in [0.4, 0.5) is 17.1 Å². The zero-order valence-corrected chi connectivity index (χ0v) is 17.4. The van der Waals surface area contributed by atoms with E-state index in [4.69, 9.17) is 0 Å². The van der Waals surface area contributed by atoms with Gasteiger partial charge in [0.1, 0.15) is 0 Å². The summed E-state index contributed by atoms with van der Waals surface area (Å²) in [5, 5.41) is 17.5. The summed E-state index contributed by atoms with van der Waals surface area (Å²) in [6.07, 6.45) is 5.40. The molecule has 0 aliphatic carbocycles. The molecule has 1 aliphatic rings. The number of benzene rings is 3. The van der Waals surface area contributed by atoms with Gasteiger partial charge in [0.05, 0.1) is 22.5 Å². The number of amides is 1. The number of nitrogens with one attached hydrogen (secondary N) is 2. The third-order valence-corrected chi connectivity index (χ3v) is 5.42. The van der Waals surface area contributed by atoms with Crippen LogP contribution in [0.15, 0.2) is 91.5 Å². The van der Waals surface area contributed by atoms with Crippen LogP contribution in [0.1, 0.15) is 16.7 Å². The number of carbonyl (C=O) groups excluding carboxylic acids is 1. The third-order valence-electron chi connectivity index (χ3n) is 5.42. The summed E-state index contributed by atoms with van der Waals surface area (Å²) in [7, 11) is 0. The molecule has 0 bridgehead atoms. The van der Waals surface area contributed by atoms with Gasteiger partial charge in [0.15, 0.2) is 0 Å². The van der Waals surface area contributed by atoms with E-state index in [0.29, 0.717) is 29.1 Å². The molecule has 1 amide bonds. The molecule has 0 radical (unpaired) electrons. The minimum atomic E-state index is -0.463. The summed E-state index contributed by atoms with van der Waals surface area (Å²) >= 11 is 0. The summed E-state index contributed by atoms with van der Waals surface area (Å²) in [6.45, 7) is 0.701. The van der Waals surface area contributed by atoms with E-state index in [-0.39, 0.29) is 11.6 Å². The second-order valence-corrected chi connectivity index (χ2v) is 7.61. The fourth-order valence-electron chi connectivity index (χ4n) is 3.83. The van der Waals surface area contributed by atoms with Crippen LogP contribution in [-0.2, 0) is 11.3 Å². The molecule has 1 aliphatic heterocycles. The summed E-state index contributed by atoms with van der Waals surface area (Å²) in [6, 6.07) is 21.7. The number of nitro benzene ring substituents is 1. The van der Waals surface area contributed by atoms with Gasteiger partial charge in [-0.3, -0.25) is 14.9 Å². The number of fused-ring (bicyclic) bond motifs is 1. The average molecular weight is 437 g/mol. The Balaban J connectivity index is 1.56. The second kappa shape index (κ2) is 8.43. The zero-order valence-electron chi connectivity index (χ0n) is 17.4. The molecule has 0 spiro atoms. The topological polar surface area (TPSA) is 102 Å². The van der Waals surface area contributed by atoms with Crippen LogP contribution in [0, 0.1) is 10.1 Å². The van der Waals surface area contributed by atoms with Crippen molar-refractivity contribution >= 4 is 34.2 Å². The molecule has 8 heteroatoms. The molecule has 8 nitrogen and oxygen atoms in total. The minimum absolute atomic E-state index is 0.0704. The van der Waals surface area contributed by atoms with Crippen molar-refractivity contribution in [3.05, 3.63) is 118 Å². The van der Waals surface area contributed by atoms with Gasteiger partial charge >= 0.3 is 0 Å². The van der Waals surface area contributed by atoms with Crippen LogP contribution in [0.3, 0.4) is 0 Å². The van der Waals surface area contributed by atoms with Crippen molar-refractivity contribution in [3.8, 4) is 0 Å². The number of non-ortho nitro benzene ring substituents is 1. The predicted octanol–water partition coefficient (Wildman–Crippen LogP) is 4.77. The van der Waals surface area contributed by atoms with Crippen LogP contribution in [0.25, 0.3) is 11.3 Å². The highest BCUT2D eigenvalue weighted by Crippen LogP contribution is 2.39. The summed E-state index contributed by atoms with van der Waals surface area (Å²) in [5.41, 5.74) is 4.61. The fourth-order valence-corrected chi connectivity index (χ4v) is 3.83. The van der Waals surface area contributed by atoms with Crippen molar-refractivity contribution in [2.45, 2.75) is 6.54 Å². The van der Waals surface area contributed by atoms with Crippen molar-refractivity contribution in [2.75, 3.05) is 10.6 Å². The monoisotopic (exact) mass is 437 g/mol.